The number of amides is 1. The number of rotatable bonds is 5. The van der Waals surface area contributed by atoms with Crippen molar-refractivity contribution in [3.05, 3.63) is 40.9 Å². The second kappa shape index (κ2) is 7.08. The van der Waals surface area contributed by atoms with Gasteiger partial charge < -0.3 is 5.32 Å². The van der Waals surface area contributed by atoms with E-state index in [0.29, 0.717) is 23.4 Å². The number of hydrogen-bond acceptors (Lipinski definition) is 5. The third-order valence-corrected chi connectivity index (χ3v) is 4.61. The Labute approximate surface area is 125 Å². The first kappa shape index (κ1) is 14.6. The molecule has 0 aliphatic heterocycles. The maximum atomic E-state index is 11.8. The van der Waals surface area contributed by atoms with Gasteiger partial charge in [0.2, 0.25) is 5.91 Å². The third kappa shape index (κ3) is 4.08. The number of nitrogens with one attached hydrogen (secondary N) is 1. The van der Waals surface area contributed by atoms with Crippen LogP contribution in [0.4, 0.5) is 5.69 Å². The Bertz CT molecular complexity index is 646. The molecule has 4 nitrogen and oxygen atoms in total. The van der Waals surface area contributed by atoms with Crippen LogP contribution < -0.4 is 5.32 Å². The van der Waals surface area contributed by atoms with Gasteiger partial charge in [-0.3, -0.25) is 4.79 Å². The molecular formula is C14H13N3OS2. The van der Waals surface area contributed by atoms with E-state index < -0.39 is 0 Å². The molecule has 0 saturated heterocycles. The minimum Gasteiger partial charge on any atom is -0.325 e. The summed E-state index contributed by atoms with van der Waals surface area (Å²) < 4.78 is 0.979. The molecule has 1 aromatic carbocycles. The number of aromatic nitrogens is 1. The number of aryl methyl sites for hydroxylation is 1. The Kier molecular flexibility index (Phi) is 5.16. The highest BCUT2D eigenvalue weighted by molar-refractivity contribution is 8.01. The molecule has 2 rings (SSSR count). The van der Waals surface area contributed by atoms with E-state index in [2.05, 4.69) is 16.4 Å². The number of benzene rings is 1. The van der Waals surface area contributed by atoms with Gasteiger partial charge in [0.1, 0.15) is 10.4 Å². The van der Waals surface area contributed by atoms with Crippen molar-refractivity contribution in [1.82, 2.24) is 4.98 Å². The molecule has 0 atom stereocenters. The first-order chi connectivity index (χ1) is 9.69. The number of anilines is 1. The summed E-state index contributed by atoms with van der Waals surface area (Å²) in [4.78, 5) is 16.2. The van der Waals surface area contributed by atoms with Gasteiger partial charge in [0.25, 0.3) is 0 Å². The van der Waals surface area contributed by atoms with E-state index in [1.54, 1.807) is 47.4 Å². The summed E-state index contributed by atoms with van der Waals surface area (Å²) in [5.41, 5.74) is 2.05. The SMILES string of the molecule is Cc1csc(SCCC(=O)Nc2ccccc2C#N)n1. The molecule has 0 bridgehead atoms. The largest absolute Gasteiger partial charge is 0.325 e. The van der Waals surface area contributed by atoms with Crippen molar-refractivity contribution < 1.29 is 4.79 Å². The second-order valence-corrected chi connectivity index (χ2v) is 6.26. The van der Waals surface area contributed by atoms with Crippen LogP contribution in [0.5, 0.6) is 0 Å². The summed E-state index contributed by atoms with van der Waals surface area (Å²) in [5, 5.41) is 13.7. The van der Waals surface area contributed by atoms with Gasteiger partial charge in [-0.15, -0.1) is 11.3 Å². The van der Waals surface area contributed by atoms with Gasteiger partial charge in [-0.1, -0.05) is 23.9 Å². The maximum absolute atomic E-state index is 11.8. The average molecular weight is 303 g/mol. The lowest BCUT2D eigenvalue weighted by Crippen LogP contribution is -2.13. The van der Waals surface area contributed by atoms with E-state index in [1.807, 2.05) is 12.3 Å². The van der Waals surface area contributed by atoms with Crippen LogP contribution in [0.15, 0.2) is 34.0 Å². The minimum absolute atomic E-state index is 0.0894. The molecular weight excluding hydrogens is 290 g/mol. The molecule has 1 heterocycles. The molecule has 1 N–H and O–H groups in total. The molecule has 0 aliphatic rings. The zero-order chi connectivity index (χ0) is 14.4. The van der Waals surface area contributed by atoms with Crippen LogP contribution in [0, 0.1) is 18.3 Å². The van der Waals surface area contributed by atoms with Gasteiger partial charge in [0.05, 0.1) is 11.3 Å². The first-order valence-corrected chi connectivity index (χ1v) is 7.89. The van der Waals surface area contributed by atoms with Crippen molar-refractivity contribution in [1.29, 1.82) is 5.26 Å². The molecule has 0 spiro atoms. The maximum Gasteiger partial charge on any atom is 0.225 e. The summed E-state index contributed by atoms with van der Waals surface area (Å²) in [6.45, 7) is 1.95. The molecule has 102 valence electrons. The van der Waals surface area contributed by atoms with Crippen LogP contribution in [0.3, 0.4) is 0 Å². The second-order valence-electron chi connectivity index (χ2n) is 4.06. The molecule has 2 aromatic rings. The smallest absolute Gasteiger partial charge is 0.225 e. The van der Waals surface area contributed by atoms with E-state index in [1.165, 1.54) is 0 Å². The van der Waals surface area contributed by atoms with Gasteiger partial charge in [0.15, 0.2) is 0 Å². The number of carbonyl (C=O) groups excluding carboxylic acids is 1. The zero-order valence-electron chi connectivity index (χ0n) is 10.9. The van der Waals surface area contributed by atoms with Gasteiger partial charge in [-0.25, -0.2) is 4.98 Å². The average Bonchev–Trinajstić information content (AvgIpc) is 2.85. The van der Waals surface area contributed by atoms with E-state index in [4.69, 9.17) is 5.26 Å². The van der Waals surface area contributed by atoms with E-state index in [0.717, 1.165) is 10.0 Å². The Hall–Kier alpha value is -1.84. The van der Waals surface area contributed by atoms with Gasteiger partial charge >= 0.3 is 0 Å². The molecule has 6 heteroatoms. The highest BCUT2D eigenvalue weighted by atomic mass is 32.2. The summed E-state index contributed by atoms with van der Waals surface area (Å²) in [6, 6.07) is 9.04. The minimum atomic E-state index is -0.0894. The Morgan fingerprint density at radius 3 is 3.00 bits per heavy atom. The highest BCUT2D eigenvalue weighted by Crippen LogP contribution is 2.23. The predicted octanol–water partition coefficient (Wildman–Crippen LogP) is 3.44. The fourth-order valence-corrected chi connectivity index (χ4v) is 3.39. The van der Waals surface area contributed by atoms with E-state index in [9.17, 15) is 4.79 Å². The van der Waals surface area contributed by atoms with Crippen molar-refractivity contribution in [2.75, 3.05) is 11.1 Å². The number of hydrogen-bond donors (Lipinski definition) is 1. The van der Waals surface area contributed by atoms with Gasteiger partial charge in [-0.2, -0.15) is 5.26 Å². The Morgan fingerprint density at radius 2 is 2.30 bits per heavy atom. The number of para-hydroxylation sites is 1. The fraction of sp³-hybridized carbons (Fsp3) is 0.214. The Balaban J connectivity index is 1.82. The first-order valence-electron chi connectivity index (χ1n) is 6.03. The van der Waals surface area contributed by atoms with Crippen molar-refractivity contribution in [2.24, 2.45) is 0 Å². The summed E-state index contributed by atoms with van der Waals surface area (Å²) in [5.74, 6) is 0.585. The molecule has 0 radical (unpaired) electrons. The normalized spacial score (nSPS) is 10.0. The summed E-state index contributed by atoms with van der Waals surface area (Å²) in [6.07, 6.45) is 0.392. The molecule has 1 amide bonds. The molecule has 0 saturated carbocycles. The fourth-order valence-electron chi connectivity index (χ4n) is 1.53. The van der Waals surface area contributed by atoms with Gasteiger partial charge in [-0.05, 0) is 19.1 Å². The van der Waals surface area contributed by atoms with E-state index >= 15 is 0 Å². The van der Waals surface area contributed by atoms with Crippen LogP contribution in [0.1, 0.15) is 17.7 Å². The lowest BCUT2D eigenvalue weighted by molar-refractivity contribution is -0.115. The standard InChI is InChI=1S/C14H13N3OS2/c1-10-9-20-14(16-10)19-7-6-13(18)17-12-5-3-2-4-11(12)8-15/h2-5,9H,6-7H2,1H3,(H,17,18). The topological polar surface area (TPSA) is 65.8 Å². The number of nitrogens with zero attached hydrogens (tertiary/aromatic N) is 2. The Morgan fingerprint density at radius 1 is 1.50 bits per heavy atom. The van der Waals surface area contributed by atoms with Crippen LogP contribution in [0.2, 0.25) is 0 Å². The lowest BCUT2D eigenvalue weighted by Gasteiger charge is -2.06. The van der Waals surface area contributed by atoms with Crippen molar-refractivity contribution in [3.63, 3.8) is 0 Å². The molecule has 1 aromatic heterocycles. The van der Waals surface area contributed by atoms with Crippen LogP contribution in [-0.2, 0) is 4.79 Å². The van der Waals surface area contributed by atoms with Crippen molar-refractivity contribution >= 4 is 34.7 Å². The van der Waals surface area contributed by atoms with Crippen molar-refractivity contribution in [2.45, 2.75) is 17.7 Å². The summed E-state index contributed by atoms with van der Waals surface area (Å²) in [7, 11) is 0. The monoisotopic (exact) mass is 303 g/mol. The zero-order valence-corrected chi connectivity index (χ0v) is 12.6. The number of nitriles is 1. The number of carbonyl (C=O) groups is 1. The highest BCUT2D eigenvalue weighted by Gasteiger charge is 2.07. The van der Waals surface area contributed by atoms with Gasteiger partial charge in [0, 0.05) is 23.2 Å². The van der Waals surface area contributed by atoms with E-state index in [-0.39, 0.29) is 5.91 Å². The number of thiazole rings is 1. The quantitative estimate of drug-likeness (QED) is 0.859. The van der Waals surface area contributed by atoms with Crippen LogP contribution in [-0.4, -0.2) is 16.6 Å². The molecule has 0 fully saturated rings. The molecule has 20 heavy (non-hydrogen) atoms. The lowest BCUT2D eigenvalue weighted by atomic mass is 10.2. The van der Waals surface area contributed by atoms with Crippen LogP contribution in [0.25, 0.3) is 0 Å². The third-order valence-electron chi connectivity index (χ3n) is 2.47. The number of thioether (sulfide) groups is 1. The van der Waals surface area contributed by atoms with Crippen molar-refractivity contribution in [3.8, 4) is 6.07 Å². The predicted molar refractivity (Wildman–Crippen MR) is 82.0 cm³/mol. The summed E-state index contributed by atoms with van der Waals surface area (Å²) >= 11 is 3.16. The molecule has 0 unspecified atom stereocenters. The van der Waals surface area contributed by atoms with Crippen LogP contribution >= 0.6 is 23.1 Å². The molecule has 0 aliphatic carbocycles.